The van der Waals surface area contributed by atoms with Crippen molar-refractivity contribution in [2.45, 2.75) is 13.5 Å². The van der Waals surface area contributed by atoms with Crippen molar-refractivity contribution in [2.24, 2.45) is 0 Å². The van der Waals surface area contributed by atoms with Crippen molar-refractivity contribution in [3.05, 3.63) is 108 Å². The number of nitrogens with zero attached hydrogens (tertiary/aromatic N) is 4. The smallest absolute Gasteiger partial charge is 0.227 e. The number of thiophene rings is 1. The van der Waals surface area contributed by atoms with E-state index in [2.05, 4.69) is 96.4 Å². The fourth-order valence-electron chi connectivity index (χ4n) is 5.03. The molecule has 0 saturated carbocycles. The van der Waals surface area contributed by atoms with Crippen LogP contribution in [0.4, 0.5) is 23.0 Å². The van der Waals surface area contributed by atoms with E-state index in [0.29, 0.717) is 5.95 Å². The largest absolute Gasteiger partial charge is 0.369 e. The molecular weight excluding hydrogens is 528 g/mol. The summed E-state index contributed by atoms with van der Waals surface area (Å²) in [6.07, 6.45) is 1.75. The number of hydrogen-bond acceptors (Lipinski definition) is 7. The van der Waals surface area contributed by atoms with Crippen LogP contribution >= 0.6 is 11.3 Å². The zero-order valence-corrected chi connectivity index (χ0v) is 23.8. The molecule has 0 spiro atoms. The Labute approximate surface area is 244 Å². The van der Waals surface area contributed by atoms with Gasteiger partial charge >= 0.3 is 0 Å². The number of aromatic nitrogens is 2. The topological polar surface area (TPSA) is 73.4 Å². The fraction of sp³-hybridized carbons (Fsp3) is 0.182. The number of carbonyl (C=O) groups is 1. The molecule has 0 aliphatic carbocycles. The lowest BCUT2D eigenvalue weighted by Gasteiger charge is -2.36. The van der Waals surface area contributed by atoms with Crippen LogP contribution in [-0.4, -0.2) is 47.0 Å². The molecule has 41 heavy (non-hydrogen) atoms. The quantitative estimate of drug-likeness (QED) is 0.215. The molecule has 1 amide bonds. The van der Waals surface area contributed by atoms with Gasteiger partial charge in [0.05, 0.1) is 5.69 Å². The van der Waals surface area contributed by atoms with Crippen LogP contribution in [0.3, 0.4) is 0 Å². The highest BCUT2D eigenvalue weighted by atomic mass is 32.1. The van der Waals surface area contributed by atoms with Crippen molar-refractivity contribution in [2.75, 3.05) is 41.7 Å². The first kappa shape index (κ1) is 26.7. The minimum atomic E-state index is -0.0913. The summed E-state index contributed by atoms with van der Waals surface area (Å²) in [4.78, 5) is 26.6. The molecule has 3 heterocycles. The number of benzene rings is 3. The van der Waals surface area contributed by atoms with E-state index in [1.54, 1.807) is 17.5 Å². The molecule has 3 aromatic carbocycles. The van der Waals surface area contributed by atoms with Gasteiger partial charge in [-0.25, -0.2) is 9.97 Å². The van der Waals surface area contributed by atoms with Crippen molar-refractivity contribution < 1.29 is 4.79 Å². The summed E-state index contributed by atoms with van der Waals surface area (Å²) in [6.45, 7) is 6.58. The molecule has 1 aliphatic heterocycles. The highest BCUT2D eigenvalue weighted by Gasteiger charge is 2.17. The number of hydrogen-bond donors (Lipinski definition) is 2. The van der Waals surface area contributed by atoms with Gasteiger partial charge in [0.1, 0.15) is 0 Å². The molecule has 206 valence electrons. The van der Waals surface area contributed by atoms with Crippen molar-refractivity contribution >= 4 is 40.3 Å². The van der Waals surface area contributed by atoms with Gasteiger partial charge in [-0.2, -0.15) is 0 Å². The van der Waals surface area contributed by atoms with E-state index in [1.807, 2.05) is 30.3 Å². The predicted molar refractivity (Wildman–Crippen MR) is 169 cm³/mol. The molecule has 0 radical (unpaired) electrons. The van der Waals surface area contributed by atoms with Crippen LogP contribution in [0.2, 0.25) is 0 Å². The van der Waals surface area contributed by atoms with Crippen LogP contribution in [-0.2, 0) is 11.3 Å². The van der Waals surface area contributed by atoms with Gasteiger partial charge in [0.15, 0.2) is 0 Å². The van der Waals surface area contributed by atoms with E-state index in [-0.39, 0.29) is 5.91 Å². The van der Waals surface area contributed by atoms with Crippen molar-refractivity contribution in [1.29, 1.82) is 0 Å². The number of piperazine rings is 1. The maximum atomic E-state index is 11.3. The number of anilines is 4. The van der Waals surface area contributed by atoms with Gasteiger partial charge in [-0.1, -0.05) is 42.5 Å². The lowest BCUT2D eigenvalue weighted by molar-refractivity contribution is -0.114. The Morgan fingerprint density at radius 2 is 1.54 bits per heavy atom. The minimum Gasteiger partial charge on any atom is -0.369 e. The van der Waals surface area contributed by atoms with Crippen LogP contribution in [0.5, 0.6) is 0 Å². The molecule has 2 aromatic heterocycles. The van der Waals surface area contributed by atoms with Crippen LogP contribution < -0.4 is 15.5 Å². The molecule has 0 atom stereocenters. The lowest BCUT2D eigenvalue weighted by Crippen LogP contribution is -2.45. The van der Waals surface area contributed by atoms with Crippen LogP contribution in [0.25, 0.3) is 21.7 Å². The van der Waals surface area contributed by atoms with E-state index < -0.39 is 0 Å². The molecule has 6 rings (SSSR count). The number of nitrogens with one attached hydrogen (secondary N) is 2. The Morgan fingerprint density at radius 1 is 0.829 bits per heavy atom. The first-order valence-electron chi connectivity index (χ1n) is 13.8. The second-order valence-corrected chi connectivity index (χ2v) is 11.1. The second kappa shape index (κ2) is 12.3. The summed E-state index contributed by atoms with van der Waals surface area (Å²) < 4.78 is 0. The van der Waals surface area contributed by atoms with Gasteiger partial charge in [-0.05, 0) is 65.0 Å². The van der Waals surface area contributed by atoms with E-state index in [1.165, 1.54) is 28.6 Å². The van der Waals surface area contributed by atoms with Crippen molar-refractivity contribution in [3.63, 3.8) is 0 Å². The molecule has 1 fully saturated rings. The predicted octanol–water partition coefficient (Wildman–Crippen LogP) is 6.90. The summed E-state index contributed by atoms with van der Waals surface area (Å²) in [5.74, 6) is 0.449. The Hall–Kier alpha value is -4.53. The van der Waals surface area contributed by atoms with Crippen LogP contribution in [0, 0.1) is 0 Å². The van der Waals surface area contributed by atoms with Crippen molar-refractivity contribution in [1.82, 2.24) is 14.9 Å². The normalized spacial score (nSPS) is 13.6. The highest BCUT2D eigenvalue weighted by Crippen LogP contribution is 2.26. The number of amides is 1. The minimum absolute atomic E-state index is 0.0913. The summed E-state index contributed by atoms with van der Waals surface area (Å²) in [6, 6.07) is 31.2. The van der Waals surface area contributed by atoms with E-state index in [0.717, 1.165) is 55.4 Å². The summed E-state index contributed by atoms with van der Waals surface area (Å²) in [7, 11) is 0. The average molecular weight is 561 g/mol. The molecule has 1 saturated heterocycles. The Kier molecular flexibility index (Phi) is 8.02. The highest BCUT2D eigenvalue weighted by molar-refractivity contribution is 7.13. The molecule has 1 aliphatic rings. The average Bonchev–Trinajstić information content (AvgIpc) is 3.54. The van der Waals surface area contributed by atoms with Crippen LogP contribution in [0.1, 0.15) is 12.5 Å². The van der Waals surface area contributed by atoms with Crippen LogP contribution in [0.15, 0.2) is 103 Å². The van der Waals surface area contributed by atoms with Gasteiger partial charge < -0.3 is 15.5 Å². The van der Waals surface area contributed by atoms with E-state index in [9.17, 15) is 4.79 Å². The van der Waals surface area contributed by atoms with Gasteiger partial charge in [0.25, 0.3) is 0 Å². The molecule has 5 aromatic rings. The third-order valence-corrected chi connectivity index (χ3v) is 8.10. The molecule has 8 heteroatoms. The van der Waals surface area contributed by atoms with Gasteiger partial charge in [-0.3, -0.25) is 9.69 Å². The number of rotatable bonds is 8. The third-order valence-electron chi connectivity index (χ3n) is 7.18. The molecule has 0 bridgehead atoms. The number of carbonyl (C=O) groups excluding carboxylic acids is 1. The van der Waals surface area contributed by atoms with Gasteiger partial charge in [-0.15, -0.1) is 11.3 Å². The zero-order valence-electron chi connectivity index (χ0n) is 23.0. The molecule has 7 nitrogen and oxygen atoms in total. The Balaban J connectivity index is 1.01. The maximum Gasteiger partial charge on any atom is 0.227 e. The lowest BCUT2D eigenvalue weighted by atomic mass is 10.1. The summed E-state index contributed by atoms with van der Waals surface area (Å²) in [5, 5.41) is 8.23. The summed E-state index contributed by atoms with van der Waals surface area (Å²) in [5.41, 5.74) is 7.35. The van der Waals surface area contributed by atoms with E-state index >= 15 is 0 Å². The second-order valence-electron chi connectivity index (χ2n) is 10.1. The maximum absolute atomic E-state index is 11.3. The summed E-state index contributed by atoms with van der Waals surface area (Å²) >= 11 is 1.78. The first-order valence-corrected chi connectivity index (χ1v) is 14.7. The SMILES string of the molecule is CC(=O)Nc1ccc(-c2ccnc(Nc3ccc(N4CCN(Cc5ccc(-c6cccs6)cc5)CC4)cc3)n2)cc1. The Bertz CT molecular complexity index is 1580. The molecule has 2 N–H and O–H groups in total. The standard InChI is InChI=1S/C33H32N6OS/c1-24(40)35-28-10-8-26(9-11-28)31-16-17-34-33(37-31)36-29-12-14-30(15-13-29)39-20-18-38(19-21-39)23-25-4-6-27(7-5-25)32-3-2-22-41-32/h2-17,22H,18-21,23H2,1H3,(H,35,40)(H,34,36,37). The third kappa shape index (κ3) is 6.80. The zero-order chi connectivity index (χ0) is 28.0. The monoisotopic (exact) mass is 560 g/mol. The van der Waals surface area contributed by atoms with Gasteiger partial charge in [0, 0.05) is 73.3 Å². The Morgan fingerprint density at radius 3 is 2.22 bits per heavy atom. The molecular formula is C33H32N6OS. The molecule has 0 unspecified atom stereocenters. The first-order chi connectivity index (χ1) is 20.1. The fourth-order valence-corrected chi connectivity index (χ4v) is 5.76. The van der Waals surface area contributed by atoms with Crippen molar-refractivity contribution in [3.8, 4) is 21.7 Å². The van der Waals surface area contributed by atoms with E-state index in [4.69, 9.17) is 0 Å². The van der Waals surface area contributed by atoms with Gasteiger partial charge in [0.2, 0.25) is 11.9 Å².